The second kappa shape index (κ2) is 8.93. The fourth-order valence-electron chi connectivity index (χ4n) is 3.13. The van der Waals surface area contributed by atoms with Crippen LogP contribution in [-0.2, 0) is 10.0 Å². The van der Waals surface area contributed by atoms with E-state index in [-0.39, 0.29) is 4.90 Å². The molecule has 0 aliphatic rings. The number of ether oxygens (including phenoxy) is 2. The summed E-state index contributed by atoms with van der Waals surface area (Å²) in [6.45, 7) is 1.76. The van der Waals surface area contributed by atoms with Crippen molar-refractivity contribution < 1.29 is 22.3 Å². The van der Waals surface area contributed by atoms with Crippen LogP contribution in [0.1, 0.15) is 18.5 Å². The molecular formula is C22H21ClFNO4S. The van der Waals surface area contributed by atoms with Crippen LogP contribution in [0.15, 0.2) is 71.6 Å². The first kappa shape index (κ1) is 21.9. The van der Waals surface area contributed by atoms with Gasteiger partial charge in [-0.3, -0.25) is 4.31 Å². The summed E-state index contributed by atoms with van der Waals surface area (Å²) in [5.41, 5.74) is 1.11. The van der Waals surface area contributed by atoms with Gasteiger partial charge in [0, 0.05) is 11.1 Å². The maximum atomic E-state index is 13.6. The van der Waals surface area contributed by atoms with E-state index in [0.717, 1.165) is 17.7 Å². The highest BCUT2D eigenvalue weighted by atomic mass is 35.5. The molecule has 0 aliphatic carbocycles. The van der Waals surface area contributed by atoms with Gasteiger partial charge in [-0.05, 0) is 61.0 Å². The standard InChI is InChI=1S/C22H21ClFNO4S/c1-15(16-4-6-17(23)7-5-16)25(19-10-13-21(28-2)22(14-19)29-3)30(26,27)20-11-8-18(24)9-12-20/h4-15H,1-3H3/t15-/m0/s1. The molecule has 3 aromatic rings. The molecule has 0 saturated heterocycles. The van der Waals surface area contributed by atoms with Crippen molar-refractivity contribution in [1.82, 2.24) is 0 Å². The normalized spacial score (nSPS) is 12.3. The molecule has 0 N–H and O–H groups in total. The van der Waals surface area contributed by atoms with Crippen molar-refractivity contribution in [3.8, 4) is 11.5 Å². The van der Waals surface area contributed by atoms with E-state index in [4.69, 9.17) is 21.1 Å². The van der Waals surface area contributed by atoms with Crippen molar-refractivity contribution in [3.63, 3.8) is 0 Å². The smallest absolute Gasteiger partial charge is 0.264 e. The van der Waals surface area contributed by atoms with E-state index in [2.05, 4.69) is 0 Å². The predicted molar refractivity (Wildman–Crippen MR) is 115 cm³/mol. The van der Waals surface area contributed by atoms with Crippen molar-refractivity contribution in [3.05, 3.63) is 83.1 Å². The number of methoxy groups -OCH3 is 2. The zero-order chi connectivity index (χ0) is 21.9. The first-order chi connectivity index (χ1) is 14.3. The molecule has 0 unspecified atom stereocenters. The van der Waals surface area contributed by atoms with E-state index >= 15 is 0 Å². The Morgan fingerprint density at radius 3 is 2.07 bits per heavy atom. The van der Waals surface area contributed by atoms with Crippen molar-refractivity contribution in [2.75, 3.05) is 18.5 Å². The number of benzene rings is 3. The number of hydrogen-bond donors (Lipinski definition) is 0. The Hall–Kier alpha value is -2.77. The van der Waals surface area contributed by atoms with Crippen molar-refractivity contribution >= 4 is 27.3 Å². The number of nitrogens with zero attached hydrogens (tertiary/aromatic N) is 1. The molecule has 0 heterocycles. The summed E-state index contributed by atoms with van der Waals surface area (Å²) in [4.78, 5) is -0.0282. The van der Waals surface area contributed by atoms with Crippen LogP contribution in [-0.4, -0.2) is 22.6 Å². The Morgan fingerprint density at radius 1 is 0.900 bits per heavy atom. The molecule has 3 rings (SSSR count). The molecule has 8 heteroatoms. The fraction of sp³-hybridized carbons (Fsp3) is 0.182. The highest BCUT2D eigenvalue weighted by Crippen LogP contribution is 2.38. The average molecular weight is 450 g/mol. The van der Waals surface area contributed by atoms with Crippen LogP contribution < -0.4 is 13.8 Å². The Labute approximate surface area is 180 Å². The lowest BCUT2D eigenvalue weighted by atomic mass is 10.1. The minimum absolute atomic E-state index is 0.0282. The summed E-state index contributed by atoms with van der Waals surface area (Å²) >= 11 is 5.99. The summed E-state index contributed by atoms with van der Waals surface area (Å²) in [6.07, 6.45) is 0. The molecule has 0 amide bonds. The molecule has 3 aromatic carbocycles. The fourth-order valence-corrected chi connectivity index (χ4v) is 4.89. The minimum atomic E-state index is -4.04. The molecule has 0 aromatic heterocycles. The molecular weight excluding hydrogens is 429 g/mol. The summed E-state index contributed by atoms with van der Waals surface area (Å²) in [5, 5.41) is 0.546. The van der Waals surface area contributed by atoms with Gasteiger partial charge < -0.3 is 9.47 Å². The lowest BCUT2D eigenvalue weighted by Crippen LogP contribution is -2.33. The van der Waals surface area contributed by atoms with Gasteiger partial charge in [-0.25, -0.2) is 12.8 Å². The van der Waals surface area contributed by atoms with Gasteiger partial charge in [0.2, 0.25) is 0 Å². The topological polar surface area (TPSA) is 55.8 Å². The first-order valence-electron chi connectivity index (χ1n) is 9.05. The third kappa shape index (κ3) is 4.37. The third-order valence-corrected chi connectivity index (χ3v) is 6.86. The van der Waals surface area contributed by atoms with E-state index in [0.29, 0.717) is 22.2 Å². The maximum absolute atomic E-state index is 13.6. The molecule has 0 bridgehead atoms. The van der Waals surface area contributed by atoms with Gasteiger partial charge in [0.05, 0.1) is 30.8 Å². The summed E-state index contributed by atoms with van der Waals surface area (Å²) in [5.74, 6) is 0.342. The number of anilines is 1. The Morgan fingerprint density at radius 2 is 1.50 bits per heavy atom. The highest BCUT2D eigenvalue weighted by molar-refractivity contribution is 7.92. The van der Waals surface area contributed by atoms with E-state index in [1.807, 2.05) is 0 Å². The molecule has 158 valence electrons. The molecule has 0 saturated carbocycles. The minimum Gasteiger partial charge on any atom is -0.493 e. The molecule has 0 spiro atoms. The van der Waals surface area contributed by atoms with Gasteiger partial charge in [-0.2, -0.15) is 0 Å². The van der Waals surface area contributed by atoms with E-state index in [9.17, 15) is 12.8 Å². The van der Waals surface area contributed by atoms with Crippen molar-refractivity contribution in [2.24, 2.45) is 0 Å². The van der Waals surface area contributed by atoms with Gasteiger partial charge in [-0.15, -0.1) is 0 Å². The van der Waals surface area contributed by atoms with Crippen LogP contribution in [0.2, 0.25) is 5.02 Å². The number of halogens is 2. The van der Waals surface area contributed by atoms with Crippen LogP contribution in [0.4, 0.5) is 10.1 Å². The molecule has 30 heavy (non-hydrogen) atoms. The number of rotatable bonds is 7. The summed E-state index contributed by atoms with van der Waals surface area (Å²) in [7, 11) is -1.06. The third-order valence-electron chi connectivity index (χ3n) is 4.70. The highest BCUT2D eigenvalue weighted by Gasteiger charge is 2.31. The largest absolute Gasteiger partial charge is 0.493 e. The monoisotopic (exact) mass is 449 g/mol. The second-order valence-electron chi connectivity index (χ2n) is 6.52. The Bertz CT molecular complexity index is 1120. The van der Waals surface area contributed by atoms with Crippen LogP contribution in [0.3, 0.4) is 0 Å². The lowest BCUT2D eigenvalue weighted by Gasteiger charge is -2.31. The average Bonchev–Trinajstić information content (AvgIpc) is 2.74. The molecule has 5 nitrogen and oxygen atoms in total. The van der Waals surface area contributed by atoms with Crippen LogP contribution in [0.25, 0.3) is 0 Å². The van der Waals surface area contributed by atoms with Crippen molar-refractivity contribution in [2.45, 2.75) is 17.9 Å². The molecule has 1 atom stereocenters. The van der Waals surface area contributed by atoms with Crippen molar-refractivity contribution in [1.29, 1.82) is 0 Å². The van der Waals surface area contributed by atoms with Crippen LogP contribution in [0.5, 0.6) is 11.5 Å². The van der Waals surface area contributed by atoms with Gasteiger partial charge >= 0.3 is 0 Å². The maximum Gasteiger partial charge on any atom is 0.264 e. The zero-order valence-electron chi connectivity index (χ0n) is 16.7. The van der Waals surface area contributed by atoms with Crippen LogP contribution >= 0.6 is 11.6 Å². The summed E-state index contributed by atoms with van der Waals surface area (Å²) < 4.78 is 52.4. The van der Waals surface area contributed by atoms with E-state index in [1.54, 1.807) is 49.4 Å². The quantitative estimate of drug-likeness (QED) is 0.481. The Kier molecular flexibility index (Phi) is 6.53. The summed E-state index contributed by atoms with van der Waals surface area (Å²) in [6, 6.07) is 15.9. The van der Waals surface area contributed by atoms with E-state index < -0.39 is 21.9 Å². The molecule has 0 fully saturated rings. The van der Waals surface area contributed by atoms with Gasteiger partial charge in [0.25, 0.3) is 10.0 Å². The molecule has 0 aliphatic heterocycles. The zero-order valence-corrected chi connectivity index (χ0v) is 18.2. The van der Waals surface area contributed by atoms with Gasteiger partial charge in [-0.1, -0.05) is 23.7 Å². The number of hydrogen-bond acceptors (Lipinski definition) is 4. The number of sulfonamides is 1. The van der Waals surface area contributed by atoms with Gasteiger partial charge in [0.15, 0.2) is 11.5 Å². The molecule has 0 radical (unpaired) electrons. The second-order valence-corrected chi connectivity index (χ2v) is 8.77. The van der Waals surface area contributed by atoms with E-state index in [1.165, 1.54) is 30.7 Å². The first-order valence-corrected chi connectivity index (χ1v) is 10.9. The van der Waals surface area contributed by atoms with Gasteiger partial charge in [0.1, 0.15) is 5.82 Å². The Balaban J connectivity index is 2.18. The van der Waals surface area contributed by atoms with Crippen LogP contribution in [0, 0.1) is 5.82 Å². The lowest BCUT2D eigenvalue weighted by molar-refractivity contribution is 0.355. The SMILES string of the molecule is COc1ccc(N([C@@H](C)c2ccc(Cl)cc2)S(=O)(=O)c2ccc(F)cc2)cc1OC. The predicted octanol–water partition coefficient (Wildman–Crippen LogP) is 5.45.